The molecule has 0 radical (unpaired) electrons. The summed E-state index contributed by atoms with van der Waals surface area (Å²) in [6.45, 7) is 12.7. The second-order valence-electron chi connectivity index (χ2n) is 4.32. The van der Waals surface area contributed by atoms with Crippen molar-refractivity contribution in [1.29, 1.82) is 0 Å². The standard InChI is InChI=1S/C11H25NO/c1-5-9-13-10-11(3,4)7-8-12-6-2/h12H,5-10H2,1-4H3. The first-order valence-electron chi connectivity index (χ1n) is 5.41. The van der Waals surface area contributed by atoms with Gasteiger partial charge in [0.05, 0.1) is 6.61 Å². The number of hydrogen-bond acceptors (Lipinski definition) is 2. The van der Waals surface area contributed by atoms with Crippen molar-refractivity contribution in [3.63, 3.8) is 0 Å². The Kier molecular flexibility index (Phi) is 7.29. The smallest absolute Gasteiger partial charge is 0.0517 e. The van der Waals surface area contributed by atoms with Gasteiger partial charge < -0.3 is 10.1 Å². The van der Waals surface area contributed by atoms with E-state index < -0.39 is 0 Å². The van der Waals surface area contributed by atoms with Gasteiger partial charge in [0, 0.05) is 6.61 Å². The van der Waals surface area contributed by atoms with E-state index in [0.717, 1.165) is 32.7 Å². The van der Waals surface area contributed by atoms with E-state index in [-0.39, 0.29) is 0 Å². The fourth-order valence-electron chi connectivity index (χ4n) is 1.17. The zero-order valence-corrected chi connectivity index (χ0v) is 9.65. The third-order valence-corrected chi connectivity index (χ3v) is 2.07. The summed E-state index contributed by atoms with van der Waals surface area (Å²) < 4.78 is 5.55. The second-order valence-corrected chi connectivity index (χ2v) is 4.32. The summed E-state index contributed by atoms with van der Waals surface area (Å²) in [6, 6.07) is 0. The van der Waals surface area contributed by atoms with E-state index in [0.29, 0.717) is 5.41 Å². The lowest BCUT2D eigenvalue weighted by Gasteiger charge is -2.24. The Morgan fingerprint density at radius 3 is 2.46 bits per heavy atom. The van der Waals surface area contributed by atoms with Crippen molar-refractivity contribution in [1.82, 2.24) is 5.32 Å². The van der Waals surface area contributed by atoms with Crippen LogP contribution in [-0.2, 0) is 4.74 Å². The van der Waals surface area contributed by atoms with E-state index >= 15 is 0 Å². The summed E-state index contributed by atoms with van der Waals surface area (Å²) in [5, 5.41) is 3.34. The zero-order valence-electron chi connectivity index (χ0n) is 9.65. The monoisotopic (exact) mass is 187 g/mol. The Labute approximate surface area is 83.1 Å². The topological polar surface area (TPSA) is 21.3 Å². The molecule has 0 spiro atoms. The van der Waals surface area contributed by atoms with Gasteiger partial charge >= 0.3 is 0 Å². The van der Waals surface area contributed by atoms with E-state index in [2.05, 4.69) is 33.0 Å². The Hall–Kier alpha value is -0.0800. The van der Waals surface area contributed by atoms with Crippen molar-refractivity contribution < 1.29 is 4.74 Å². The van der Waals surface area contributed by atoms with Gasteiger partial charge in [-0.3, -0.25) is 0 Å². The fraction of sp³-hybridized carbons (Fsp3) is 1.00. The maximum absolute atomic E-state index is 5.55. The Morgan fingerprint density at radius 2 is 1.92 bits per heavy atom. The highest BCUT2D eigenvalue weighted by atomic mass is 16.5. The second kappa shape index (κ2) is 7.34. The van der Waals surface area contributed by atoms with Gasteiger partial charge in [-0.2, -0.15) is 0 Å². The number of hydrogen-bond donors (Lipinski definition) is 1. The lowest BCUT2D eigenvalue weighted by molar-refractivity contribution is 0.0584. The average Bonchev–Trinajstić information content (AvgIpc) is 2.05. The molecule has 0 aromatic heterocycles. The van der Waals surface area contributed by atoms with Crippen LogP contribution in [0.4, 0.5) is 0 Å². The van der Waals surface area contributed by atoms with E-state index in [1.165, 1.54) is 6.42 Å². The lowest BCUT2D eigenvalue weighted by atomic mass is 9.90. The molecule has 2 nitrogen and oxygen atoms in total. The molecule has 0 aliphatic carbocycles. The molecule has 0 rings (SSSR count). The van der Waals surface area contributed by atoms with Gasteiger partial charge in [-0.25, -0.2) is 0 Å². The molecule has 0 amide bonds. The Balaban J connectivity index is 3.42. The van der Waals surface area contributed by atoms with Gasteiger partial charge in [0.2, 0.25) is 0 Å². The highest BCUT2D eigenvalue weighted by Crippen LogP contribution is 2.19. The normalized spacial score (nSPS) is 12.0. The number of ether oxygens (including phenoxy) is 1. The van der Waals surface area contributed by atoms with Crippen LogP contribution in [0.25, 0.3) is 0 Å². The van der Waals surface area contributed by atoms with Crippen molar-refractivity contribution in [3.8, 4) is 0 Å². The summed E-state index contributed by atoms with van der Waals surface area (Å²) in [7, 11) is 0. The minimum Gasteiger partial charge on any atom is -0.381 e. The van der Waals surface area contributed by atoms with Crippen molar-refractivity contribution in [2.45, 2.75) is 40.5 Å². The molecule has 80 valence electrons. The molecule has 2 heteroatoms. The first-order chi connectivity index (χ1) is 6.12. The maximum Gasteiger partial charge on any atom is 0.0517 e. The molecular formula is C11H25NO. The van der Waals surface area contributed by atoms with Gasteiger partial charge in [-0.1, -0.05) is 27.7 Å². The highest BCUT2D eigenvalue weighted by Gasteiger charge is 2.16. The van der Waals surface area contributed by atoms with Crippen molar-refractivity contribution >= 4 is 0 Å². The van der Waals surface area contributed by atoms with E-state index in [4.69, 9.17) is 4.74 Å². The van der Waals surface area contributed by atoms with Crippen LogP contribution >= 0.6 is 0 Å². The van der Waals surface area contributed by atoms with Crippen LogP contribution in [-0.4, -0.2) is 26.3 Å². The zero-order chi connectivity index (χ0) is 10.2. The summed E-state index contributed by atoms with van der Waals surface area (Å²) >= 11 is 0. The minimum atomic E-state index is 0.317. The first-order valence-corrected chi connectivity index (χ1v) is 5.41. The number of nitrogens with one attached hydrogen (secondary N) is 1. The number of rotatable bonds is 8. The fourth-order valence-corrected chi connectivity index (χ4v) is 1.17. The largest absolute Gasteiger partial charge is 0.381 e. The molecular weight excluding hydrogens is 162 g/mol. The molecule has 0 saturated carbocycles. The van der Waals surface area contributed by atoms with Crippen molar-refractivity contribution in [3.05, 3.63) is 0 Å². The third-order valence-electron chi connectivity index (χ3n) is 2.07. The average molecular weight is 187 g/mol. The molecule has 0 fully saturated rings. The van der Waals surface area contributed by atoms with Crippen LogP contribution in [0.5, 0.6) is 0 Å². The maximum atomic E-state index is 5.55. The van der Waals surface area contributed by atoms with Crippen LogP contribution in [0.15, 0.2) is 0 Å². The Morgan fingerprint density at radius 1 is 1.23 bits per heavy atom. The summed E-state index contributed by atoms with van der Waals surface area (Å²) in [5.41, 5.74) is 0.317. The molecule has 1 N–H and O–H groups in total. The molecule has 0 atom stereocenters. The summed E-state index contributed by atoms with van der Waals surface area (Å²) in [5.74, 6) is 0. The SMILES string of the molecule is CCCOCC(C)(C)CCNCC. The van der Waals surface area contributed by atoms with Crippen molar-refractivity contribution in [2.24, 2.45) is 5.41 Å². The van der Waals surface area contributed by atoms with E-state index in [9.17, 15) is 0 Å². The van der Waals surface area contributed by atoms with Crippen LogP contribution in [0.3, 0.4) is 0 Å². The summed E-state index contributed by atoms with van der Waals surface area (Å²) in [4.78, 5) is 0. The molecule has 0 unspecified atom stereocenters. The lowest BCUT2D eigenvalue weighted by Crippen LogP contribution is -2.26. The van der Waals surface area contributed by atoms with Gasteiger partial charge in [0.15, 0.2) is 0 Å². The minimum absolute atomic E-state index is 0.317. The molecule has 0 saturated heterocycles. The molecule has 13 heavy (non-hydrogen) atoms. The Bertz CT molecular complexity index is 101. The highest BCUT2D eigenvalue weighted by molar-refractivity contribution is 4.68. The van der Waals surface area contributed by atoms with Crippen LogP contribution in [0.2, 0.25) is 0 Å². The summed E-state index contributed by atoms with van der Waals surface area (Å²) in [6.07, 6.45) is 2.30. The van der Waals surface area contributed by atoms with Gasteiger partial charge in [0.1, 0.15) is 0 Å². The molecule has 0 aliphatic heterocycles. The first kappa shape index (κ1) is 12.9. The predicted molar refractivity (Wildman–Crippen MR) is 58.1 cm³/mol. The van der Waals surface area contributed by atoms with Crippen molar-refractivity contribution in [2.75, 3.05) is 26.3 Å². The predicted octanol–water partition coefficient (Wildman–Crippen LogP) is 2.44. The third kappa shape index (κ3) is 8.26. The van der Waals surface area contributed by atoms with E-state index in [1.807, 2.05) is 0 Å². The molecule has 0 aliphatic rings. The quantitative estimate of drug-likeness (QED) is 0.589. The van der Waals surface area contributed by atoms with Gasteiger partial charge in [-0.05, 0) is 31.3 Å². The van der Waals surface area contributed by atoms with E-state index in [1.54, 1.807) is 0 Å². The molecule has 0 aromatic carbocycles. The van der Waals surface area contributed by atoms with Crippen LogP contribution in [0, 0.1) is 5.41 Å². The van der Waals surface area contributed by atoms with Crippen LogP contribution in [0.1, 0.15) is 40.5 Å². The van der Waals surface area contributed by atoms with Gasteiger partial charge in [0.25, 0.3) is 0 Å². The molecule has 0 heterocycles. The van der Waals surface area contributed by atoms with Crippen LogP contribution < -0.4 is 5.32 Å². The molecule has 0 aromatic rings. The van der Waals surface area contributed by atoms with Gasteiger partial charge in [-0.15, -0.1) is 0 Å². The molecule has 0 bridgehead atoms.